The molecular weight excluding hydrogens is 342 g/mol. The van der Waals surface area contributed by atoms with Crippen LogP contribution in [0.15, 0.2) is 48.5 Å². The van der Waals surface area contributed by atoms with Gasteiger partial charge in [0, 0.05) is 17.9 Å². The molecule has 1 unspecified atom stereocenters. The van der Waals surface area contributed by atoms with Crippen molar-refractivity contribution in [1.29, 1.82) is 0 Å². The van der Waals surface area contributed by atoms with Gasteiger partial charge in [-0.15, -0.1) is 0 Å². The molecule has 0 aliphatic rings. The van der Waals surface area contributed by atoms with Crippen LogP contribution in [0.5, 0.6) is 0 Å². The van der Waals surface area contributed by atoms with Crippen LogP contribution in [0.25, 0.3) is 16.7 Å². The van der Waals surface area contributed by atoms with Crippen LogP contribution < -0.4 is 16.0 Å². The maximum atomic E-state index is 12.1. The lowest BCUT2D eigenvalue weighted by atomic mass is 10.2. The average Bonchev–Trinajstić information content (AvgIpc) is 2.97. The zero-order chi connectivity index (χ0) is 19.4. The fourth-order valence-electron chi connectivity index (χ4n) is 2.93. The quantitative estimate of drug-likeness (QED) is 0.649. The highest BCUT2D eigenvalue weighted by atomic mass is 16.2. The molecule has 0 radical (unpaired) electrons. The molecule has 0 spiro atoms. The third-order valence-electron chi connectivity index (χ3n) is 4.19. The van der Waals surface area contributed by atoms with E-state index < -0.39 is 18.0 Å². The standard InChI is InChI=1S/C20H23N5O2/c1-4-21-20(27)24-19(26)13(2)22-15-10-11-18-17(12-15)23-14(3)25(18)16-8-6-5-7-9-16/h5-13,22H,4H2,1-3H3,(H2,21,24,26,27). The number of amides is 3. The van der Waals surface area contributed by atoms with E-state index in [1.807, 2.05) is 55.5 Å². The molecule has 0 aliphatic heterocycles. The number of carbonyl (C=O) groups excluding carboxylic acids is 2. The van der Waals surface area contributed by atoms with Crippen molar-refractivity contribution in [1.82, 2.24) is 20.2 Å². The van der Waals surface area contributed by atoms with Crippen molar-refractivity contribution < 1.29 is 9.59 Å². The Morgan fingerprint density at radius 3 is 2.59 bits per heavy atom. The van der Waals surface area contributed by atoms with Gasteiger partial charge in [-0.25, -0.2) is 9.78 Å². The van der Waals surface area contributed by atoms with Gasteiger partial charge >= 0.3 is 6.03 Å². The number of imide groups is 1. The highest BCUT2D eigenvalue weighted by molar-refractivity contribution is 5.98. The van der Waals surface area contributed by atoms with Gasteiger partial charge in [0.25, 0.3) is 0 Å². The molecule has 1 aromatic heterocycles. The van der Waals surface area contributed by atoms with E-state index >= 15 is 0 Å². The van der Waals surface area contributed by atoms with Gasteiger partial charge in [0.05, 0.1) is 11.0 Å². The summed E-state index contributed by atoms with van der Waals surface area (Å²) in [6, 6.07) is 14.7. The average molecular weight is 365 g/mol. The zero-order valence-corrected chi connectivity index (χ0v) is 15.6. The van der Waals surface area contributed by atoms with Crippen molar-refractivity contribution >= 4 is 28.7 Å². The Hall–Kier alpha value is -3.35. The maximum absolute atomic E-state index is 12.1. The molecule has 7 heteroatoms. The van der Waals surface area contributed by atoms with Crippen LogP contribution >= 0.6 is 0 Å². The number of imidazole rings is 1. The topological polar surface area (TPSA) is 88.1 Å². The minimum absolute atomic E-state index is 0.396. The first-order chi connectivity index (χ1) is 13.0. The van der Waals surface area contributed by atoms with Gasteiger partial charge in [0.2, 0.25) is 5.91 Å². The van der Waals surface area contributed by atoms with Gasteiger partial charge in [-0.3, -0.25) is 14.7 Å². The number of benzene rings is 2. The van der Waals surface area contributed by atoms with E-state index in [2.05, 4.69) is 25.5 Å². The Morgan fingerprint density at radius 2 is 1.89 bits per heavy atom. The molecule has 27 heavy (non-hydrogen) atoms. The lowest BCUT2D eigenvalue weighted by molar-refractivity contribution is -0.120. The number of urea groups is 1. The van der Waals surface area contributed by atoms with E-state index in [9.17, 15) is 9.59 Å². The molecule has 0 saturated heterocycles. The van der Waals surface area contributed by atoms with Crippen molar-refractivity contribution in [3.63, 3.8) is 0 Å². The fourth-order valence-corrected chi connectivity index (χ4v) is 2.93. The van der Waals surface area contributed by atoms with Crippen molar-refractivity contribution in [3.8, 4) is 5.69 Å². The number of aryl methyl sites for hydroxylation is 1. The molecule has 0 bridgehead atoms. The summed E-state index contributed by atoms with van der Waals surface area (Å²) < 4.78 is 2.09. The van der Waals surface area contributed by atoms with E-state index in [0.29, 0.717) is 6.54 Å². The minimum Gasteiger partial charge on any atom is -0.374 e. The van der Waals surface area contributed by atoms with Crippen molar-refractivity contribution in [2.75, 3.05) is 11.9 Å². The summed E-state index contributed by atoms with van der Waals surface area (Å²) in [6.45, 7) is 5.91. The molecule has 0 saturated carbocycles. The molecule has 3 aromatic rings. The molecule has 3 N–H and O–H groups in total. The van der Waals surface area contributed by atoms with Crippen LogP contribution in [0.3, 0.4) is 0 Å². The molecule has 3 amide bonds. The molecule has 2 aromatic carbocycles. The summed E-state index contributed by atoms with van der Waals surface area (Å²) in [4.78, 5) is 28.2. The third-order valence-corrected chi connectivity index (χ3v) is 4.19. The Morgan fingerprint density at radius 1 is 1.15 bits per heavy atom. The van der Waals surface area contributed by atoms with E-state index in [4.69, 9.17) is 0 Å². The number of anilines is 1. The number of hydrogen-bond donors (Lipinski definition) is 3. The highest BCUT2D eigenvalue weighted by Gasteiger charge is 2.16. The number of hydrogen-bond acceptors (Lipinski definition) is 4. The van der Waals surface area contributed by atoms with E-state index in [1.54, 1.807) is 13.8 Å². The summed E-state index contributed by atoms with van der Waals surface area (Å²) in [5.41, 5.74) is 3.63. The fraction of sp³-hybridized carbons (Fsp3) is 0.250. The Balaban J connectivity index is 1.80. The van der Waals surface area contributed by atoms with Crippen LogP contribution in [0.2, 0.25) is 0 Å². The maximum Gasteiger partial charge on any atom is 0.321 e. The number of rotatable bonds is 5. The predicted molar refractivity (Wildman–Crippen MR) is 106 cm³/mol. The van der Waals surface area contributed by atoms with E-state index in [-0.39, 0.29) is 0 Å². The molecule has 7 nitrogen and oxygen atoms in total. The first-order valence-corrected chi connectivity index (χ1v) is 8.89. The van der Waals surface area contributed by atoms with Crippen molar-refractivity contribution in [3.05, 3.63) is 54.4 Å². The highest BCUT2D eigenvalue weighted by Crippen LogP contribution is 2.24. The number of nitrogens with zero attached hydrogens (tertiary/aromatic N) is 2. The molecule has 140 valence electrons. The van der Waals surface area contributed by atoms with Crippen molar-refractivity contribution in [2.24, 2.45) is 0 Å². The number of carbonyl (C=O) groups is 2. The predicted octanol–water partition coefficient (Wildman–Crippen LogP) is 2.98. The molecular formula is C20H23N5O2. The second-order valence-corrected chi connectivity index (χ2v) is 6.25. The van der Waals surface area contributed by atoms with Gasteiger partial charge in [-0.05, 0) is 51.1 Å². The molecule has 3 rings (SSSR count). The van der Waals surface area contributed by atoms with Gasteiger partial charge in [0.1, 0.15) is 11.9 Å². The summed E-state index contributed by atoms with van der Waals surface area (Å²) in [6.07, 6.45) is 0. The van der Waals surface area contributed by atoms with E-state index in [0.717, 1.165) is 28.2 Å². The molecule has 0 fully saturated rings. The molecule has 0 aliphatic carbocycles. The normalized spacial score (nSPS) is 11.8. The lowest BCUT2D eigenvalue weighted by Crippen LogP contribution is -2.45. The SMILES string of the molecule is CCNC(=O)NC(=O)C(C)Nc1ccc2c(c1)nc(C)n2-c1ccccc1. The van der Waals surface area contributed by atoms with Gasteiger partial charge in [-0.1, -0.05) is 18.2 Å². The van der Waals surface area contributed by atoms with Crippen LogP contribution in [-0.2, 0) is 4.79 Å². The summed E-state index contributed by atoms with van der Waals surface area (Å²) in [5.74, 6) is 0.488. The Kier molecular flexibility index (Phi) is 5.40. The van der Waals surface area contributed by atoms with Crippen LogP contribution in [0.4, 0.5) is 10.5 Å². The van der Waals surface area contributed by atoms with Gasteiger partial charge < -0.3 is 10.6 Å². The number of fused-ring (bicyclic) bond motifs is 1. The molecule has 1 heterocycles. The Labute approximate surface area is 157 Å². The number of nitrogens with one attached hydrogen (secondary N) is 3. The first-order valence-electron chi connectivity index (χ1n) is 8.89. The van der Waals surface area contributed by atoms with Gasteiger partial charge in [-0.2, -0.15) is 0 Å². The largest absolute Gasteiger partial charge is 0.374 e. The minimum atomic E-state index is -0.567. The summed E-state index contributed by atoms with van der Waals surface area (Å²) in [5, 5.41) is 7.94. The van der Waals surface area contributed by atoms with Crippen LogP contribution in [0.1, 0.15) is 19.7 Å². The first kappa shape index (κ1) is 18.4. The van der Waals surface area contributed by atoms with E-state index in [1.165, 1.54) is 0 Å². The zero-order valence-electron chi connectivity index (χ0n) is 15.6. The number of para-hydroxylation sites is 1. The van der Waals surface area contributed by atoms with Crippen LogP contribution in [-0.4, -0.2) is 34.1 Å². The monoisotopic (exact) mass is 365 g/mol. The third kappa shape index (κ3) is 4.08. The lowest BCUT2D eigenvalue weighted by Gasteiger charge is -2.15. The number of aromatic nitrogens is 2. The van der Waals surface area contributed by atoms with Crippen molar-refractivity contribution in [2.45, 2.75) is 26.8 Å². The summed E-state index contributed by atoms with van der Waals surface area (Å²) in [7, 11) is 0. The van der Waals surface area contributed by atoms with Crippen LogP contribution in [0, 0.1) is 6.92 Å². The van der Waals surface area contributed by atoms with Gasteiger partial charge in [0.15, 0.2) is 0 Å². The molecule has 1 atom stereocenters. The summed E-state index contributed by atoms with van der Waals surface area (Å²) >= 11 is 0. The second kappa shape index (κ2) is 7.90. The Bertz CT molecular complexity index is 965. The second-order valence-electron chi connectivity index (χ2n) is 6.25. The smallest absolute Gasteiger partial charge is 0.321 e.